The smallest absolute Gasteiger partial charge is 0.264 e. The number of sulfonamides is 1. The maximum Gasteiger partial charge on any atom is 0.264 e. The van der Waals surface area contributed by atoms with Crippen LogP contribution in [-0.4, -0.2) is 42.2 Å². The lowest BCUT2D eigenvalue weighted by Crippen LogP contribution is -2.41. The predicted octanol–water partition coefficient (Wildman–Crippen LogP) is 4.09. The number of hydrogen-bond acceptors (Lipinski definition) is 6. The highest BCUT2D eigenvalue weighted by Crippen LogP contribution is 2.34. The van der Waals surface area contributed by atoms with Crippen LogP contribution in [0.5, 0.6) is 17.2 Å². The van der Waals surface area contributed by atoms with Gasteiger partial charge in [-0.25, -0.2) is 8.42 Å². The minimum atomic E-state index is -4.07. The van der Waals surface area contributed by atoms with Crippen molar-refractivity contribution in [3.8, 4) is 17.2 Å². The van der Waals surface area contributed by atoms with Gasteiger partial charge in [0, 0.05) is 5.56 Å². The van der Waals surface area contributed by atoms with Crippen LogP contribution in [-0.2, 0) is 14.8 Å². The molecule has 0 aliphatic rings. The van der Waals surface area contributed by atoms with Crippen molar-refractivity contribution in [2.75, 3.05) is 32.2 Å². The molecular formula is C26H30N2O6S. The maximum atomic E-state index is 13.6. The van der Waals surface area contributed by atoms with Gasteiger partial charge in [0.1, 0.15) is 23.8 Å². The van der Waals surface area contributed by atoms with Gasteiger partial charge in [0.05, 0.1) is 38.0 Å². The molecule has 3 aromatic rings. The van der Waals surface area contributed by atoms with Crippen LogP contribution in [0.25, 0.3) is 0 Å². The molecule has 0 unspecified atom stereocenters. The van der Waals surface area contributed by atoms with Crippen molar-refractivity contribution in [1.82, 2.24) is 5.32 Å². The molecule has 0 bridgehead atoms. The summed E-state index contributed by atoms with van der Waals surface area (Å²) in [7, 11) is 0.474. The number of anilines is 1. The summed E-state index contributed by atoms with van der Waals surface area (Å²) >= 11 is 0. The topological polar surface area (TPSA) is 94.2 Å². The number of rotatable bonds is 10. The summed E-state index contributed by atoms with van der Waals surface area (Å²) in [5, 5.41) is 2.88. The van der Waals surface area contributed by atoms with E-state index < -0.39 is 28.5 Å². The minimum absolute atomic E-state index is 0.0684. The number of ether oxygens (including phenoxy) is 3. The third kappa shape index (κ3) is 5.86. The third-order valence-electron chi connectivity index (χ3n) is 5.50. The third-order valence-corrected chi connectivity index (χ3v) is 7.28. The Morgan fingerprint density at radius 2 is 1.57 bits per heavy atom. The Balaban J connectivity index is 1.97. The zero-order valence-electron chi connectivity index (χ0n) is 20.4. The Labute approximate surface area is 206 Å². The maximum absolute atomic E-state index is 13.6. The molecule has 0 radical (unpaired) electrons. The van der Waals surface area contributed by atoms with E-state index >= 15 is 0 Å². The van der Waals surface area contributed by atoms with E-state index in [1.165, 1.54) is 26.4 Å². The van der Waals surface area contributed by atoms with Gasteiger partial charge in [-0.3, -0.25) is 9.10 Å². The van der Waals surface area contributed by atoms with Gasteiger partial charge in [0.25, 0.3) is 10.0 Å². The Hall–Kier alpha value is -3.72. The van der Waals surface area contributed by atoms with E-state index in [0.29, 0.717) is 22.8 Å². The van der Waals surface area contributed by atoms with Crippen LogP contribution < -0.4 is 23.8 Å². The Morgan fingerprint density at radius 1 is 0.914 bits per heavy atom. The summed E-state index contributed by atoms with van der Waals surface area (Å²) in [4.78, 5) is 13.3. The highest BCUT2D eigenvalue weighted by atomic mass is 32.2. The zero-order valence-corrected chi connectivity index (χ0v) is 21.3. The molecule has 35 heavy (non-hydrogen) atoms. The van der Waals surface area contributed by atoms with Crippen LogP contribution in [0.4, 0.5) is 5.69 Å². The van der Waals surface area contributed by atoms with Gasteiger partial charge in [-0.15, -0.1) is 0 Å². The van der Waals surface area contributed by atoms with Gasteiger partial charge in [0.15, 0.2) is 0 Å². The molecule has 0 aromatic heterocycles. The second-order valence-electron chi connectivity index (χ2n) is 7.90. The monoisotopic (exact) mass is 498 g/mol. The molecule has 0 heterocycles. The van der Waals surface area contributed by atoms with E-state index in [1.807, 2.05) is 13.0 Å². The molecule has 9 heteroatoms. The van der Waals surface area contributed by atoms with E-state index in [9.17, 15) is 13.2 Å². The average molecular weight is 499 g/mol. The Kier molecular flexibility index (Phi) is 8.24. The first-order chi connectivity index (χ1) is 16.7. The molecule has 1 amide bonds. The second-order valence-corrected chi connectivity index (χ2v) is 9.76. The number of methoxy groups -OCH3 is 3. The van der Waals surface area contributed by atoms with Crippen molar-refractivity contribution in [2.45, 2.75) is 24.8 Å². The molecule has 0 fully saturated rings. The summed E-state index contributed by atoms with van der Waals surface area (Å²) in [5.41, 5.74) is 1.80. The Morgan fingerprint density at radius 3 is 2.20 bits per heavy atom. The van der Waals surface area contributed by atoms with Crippen molar-refractivity contribution in [3.63, 3.8) is 0 Å². The number of benzene rings is 3. The fourth-order valence-electron chi connectivity index (χ4n) is 3.69. The SMILES string of the molecule is COc1ccc(OC)c([C@@H](C)NC(=O)CN(c2cc(C)ccc2OC)S(=O)(=O)c2ccccc2)c1. The largest absolute Gasteiger partial charge is 0.497 e. The summed E-state index contributed by atoms with van der Waals surface area (Å²) in [5.74, 6) is 1.03. The molecule has 0 saturated carbocycles. The lowest BCUT2D eigenvalue weighted by molar-refractivity contribution is -0.120. The van der Waals surface area contributed by atoms with Crippen LogP contribution in [0.15, 0.2) is 71.6 Å². The number of nitrogens with zero attached hydrogens (tertiary/aromatic N) is 1. The average Bonchev–Trinajstić information content (AvgIpc) is 2.87. The van der Waals surface area contributed by atoms with Gasteiger partial charge in [0.2, 0.25) is 5.91 Å². The Bertz CT molecular complexity index is 1280. The summed E-state index contributed by atoms with van der Waals surface area (Å²) in [6, 6.07) is 18.0. The molecular weight excluding hydrogens is 468 g/mol. The van der Waals surface area contributed by atoms with Gasteiger partial charge >= 0.3 is 0 Å². The molecule has 0 aliphatic carbocycles. The quantitative estimate of drug-likeness (QED) is 0.452. The number of carbonyl (C=O) groups is 1. The summed E-state index contributed by atoms with van der Waals surface area (Å²) in [6.45, 7) is 3.18. The second kappa shape index (κ2) is 11.1. The lowest BCUT2D eigenvalue weighted by atomic mass is 10.1. The van der Waals surface area contributed by atoms with Crippen LogP contribution in [0, 0.1) is 6.92 Å². The van der Waals surface area contributed by atoms with Gasteiger partial charge in [-0.05, 0) is 61.9 Å². The first-order valence-electron chi connectivity index (χ1n) is 10.9. The van der Waals surface area contributed by atoms with E-state index in [2.05, 4.69) is 5.32 Å². The minimum Gasteiger partial charge on any atom is -0.497 e. The number of nitrogens with one attached hydrogen (secondary N) is 1. The van der Waals surface area contributed by atoms with Crippen molar-refractivity contribution in [3.05, 3.63) is 77.9 Å². The molecule has 8 nitrogen and oxygen atoms in total. The lowest BCUT2D eigenvalue weighted by Gasteiger charge is -2.27. The normalized spacial score (nSPS) is 11.9. The van der Waals surface area contributed by atoms with E-state index in [4.69, 9.17) is 14.2 Å². The summed E-state index contributed by atoms with van der Waals surface area (Å²) < 4.78 is 44.5. The molecule has 0 saturated heterocycles. The molecule has 3 rings (SSSR count). The van der Waals surface area contributed by atoms with E-state index in [-0.39, 0.29) is 10.6 Å². The van der Waals surface area contributed by atoms with Crippen molar-refractivity contribution in [2.24, 2.45) is 0 Å². The standard InChI is InChI=1S/C26H30N2O6S/c1-18-11-13-25(34-5)23(15-18)28(35(30,31)21-9-7-6-8-10-21)17-26(29)27-19(2)22-16-20(32-3)12-14-24(22)33-4/h6-16,19H,17H2,1-5H3,(H,27,29)/t19-/m1/s1. The van der Waals surface area contributed by atoms with Crippen LogP contribution >= 0.6 is 0 Å². The van der Waals surface area contributed by atoms with Crippen LogP contribution in [0.1, 0.15) is 24.1 Å². The van der Waals surface area contributed by atoms with Gasteiger partial charge < -0.3 is 19.5 Å². The zero-order chi connectivity index (χ0) is 25.6. The molecule has 1 atom stereocenters. The molecule has 3 aromatic carbocycles. The van der Waals surface area contributed by atoms with Crippen molar-refractivity contribution >= 4 is 21.6 Å². The first kappa shape index (κ1) is 25.9. The number of amides is 1. The predicted molar refractivity (Wildman–Crippen MR) is 135 cm³/mol. The molecule has 0 aliphatic heterocycles. The van der Waals surface area contributed by atoms with Crippen molar-refractivity contribution in [1.29, 1.82) is 0 Å². The number of aryl methyl sites for hydroxylation is 1. The highest BCUT2D eigenvalue weighted by Gasteiger charge is 2.30. The first-order valence-corrected chi connectivity index (χ1v) is 12.4. The van der Waals surface area contributed by atoms with Crippen molar-refractivity contribution < 1.29 is 27.4 Å². The van der Waals surface area contributed by atoms with Crippen LogP contribution in [0.2, 0.25) is 0 Å². The molecule has 186 valence electrons. The van der Waals surface area contributed by atoms with Gasteiger partial charge in [-0.1, -0.05) is 24.3 Å². The van der Waals surface area contributed by atoms with Crippen LogP contribution in [0.3, 0.4) is 0 Å². The fraction of sp³-hybridized carbons (Fsp3) is 0.269. The molecule has 0 spiro atoms. The number of carbonyl (C=O) groups excluding carboxylic acids is 1. The van der Waals surface area contributed by atoms with Gasteiger partial charge in [-0.2, -0.15) is 0 Å². The summed E-state index contributed by atoms with van der Waals surface area (Å²) in [6.07, 6.45) is 0. The fourth-order valence-corrected chi connectivity index (χ4v) is 5.13. The van der Waals surface area contributed by atoms with E-state index in [1.54, 1.807) is 62.6 Å². The van der Waals surface area contributed by atoms with E-state index in [0.717, 1.165) is 9.87 Å². The molecule has 1 N–H and O–H groups in total. The highest BCUT2D eigenvalue weighted by molar-refractivity contribution is 7.92. The number of hydrogen-bond donors (Lipinski definition) is 1.